The highest BCUT2D eigenvalue weighted by molar-refractivity contribution is 7.91. The number of carbonyl (C=O) groups excluding carboxylic acids is 2. The minimum atomic E-state index is -3.69. The van der Waals surface area contributed by atoms with Crippen LogP contribution in [0.3, 0.4) is 0 Å². The van der Waals surface area contributed by atoms with Crippen molar-refractivity contribution >= 4 is 39.0 Å². The second-order valence-electron chi connectivity index (χ2n) is 5.42. The van der Waals surface area contributed by atoms with E-state index in [1.165, 1.54) is 24.3 Å². The minimum absolute atomic E-state index is 0.0777. The fourth-order valence-electron chi connectivity index (χ4n) is 2.11. The topological polar surface area (TPSA) is 115 Å². The summed E-state index contributed by atoms with van der Waals surface area (Å²) in [5.74, 6) is -1.30. The van der Waals surface area contributed by atoms with Gasteiger partial charge in [-0.25, -0.2) is 23.2 Å². The molecule has 0 aliphatic carbocycles. The van der Waals surface area contributed by atoms with E-state index in [4.69, 9.17) is 16.3 Å². The van der Waals surface area contributed by atoms with Gasteiger partial charge in [0.15, 0.2) is 5.69 Å². The Hall–Kier alpha value is -2.52. The number of esters is 1. The molecular weight excluding hydrogens is 394 g/mol. The quantitative estimate of drug-likeness (QED) is 0.550. The second kappa shape index (κ2) is 8.92. The van der Waals surface area contributed by atoms with Crippen molar-refractivity contribution in [3.05, 3.63) is 46.7 Å². The number of ether oxygens (including phenoxy) is 1. The van der Waals surface area contributed by atoms with E-state index in [0.717, 1.165) is 6.20 Å². The molecule has 0 fully saturated rings. The lowest BCUT2D eigenvalue weighted by molar-refractivity contribution is 0.0526. The normalized spacial score (nSPS) is 11.1. The first-order valence-electron chi connectivity index (χ1n) is 8.12. The number of sulfone groups is 1. The fraction of sp³-hybridized carbons (Fsp3) is 0.294. The van der Waals surface area contributed by atoms with Crippen molar-refractivity contribution in [2.75, 3.05) is 17.7 Å². The van der Waals surface area contributed by atoms with E-state index in [0.29, 0.717) is 17.7 Å². The lowest BCUT2D eigenvalue weighted by atomic mass is 10.2. The van der Waals surface area contributed by atoms with E-state index in [1.807, 2.05) is 0 Å². The number of anilines is 1. The first-order valence-corrected chi connectivity index (χ1v) is 10.1. The molecule has 0 radical (unpaired) electrons. The standard InChI is InChI=1S/C17H18ClN3O5S/c1-3-9-27(24,25)17-19-10-13(18)14(21-17)15(22)20-12-7-5-11(6-8-12)16(23)26-4-2/h5-8,10H,3-4,9H2,1-2H3,(H,20,22). The molecule has 0 aliphatic heterocycles. The lowest BCUT2D eigenvalue weighted by Gasteiger charge is -2.08. The van der Waals surface area contributed by atoms with Gasteiger partial charge in [0.1, 0.15) is 0 Å². The van der Waals surface area contributed by atoms with Crippen molar-refractivity contribution in [1.29, 1.82) is 0 Å². The van der Waals surface area contributed by atoms with Crippen LogP contribution in [0.5, 0.6) is 0 Å². The van der Waals surface area contributed by atoms with Crippen LogP contribution in [0.1, 0.15) is 41.1 Å². The Morgan fingerprint density at radius 2 is 1.85 bits per heavy atom. The Labute approximate surface area is 161 Å². The highest BCUT2D eigenvalue weighted by atomic mass is 35.5. The molecule has 0 spiro atoms. The number of aromatic nitrogens is 2. The van der Waals surface area contributed by atoms with E-state index in [1.54, 1.807) is 13.8 Å². The van der Waals surface area contributed by atoms with Gasteiger partial charge in [-0.15, -0.1) is 0 Å². The van der Waals surface area contributed by atoms with Gasteiger partial charge in [0.2, 0.25) is 15.0 Å². The van der Waals surface area contributed by atoms with Crippen molar-refractivity contribution in [2.45, 2.75) is 25.4 Å². The molecule has 0 bridgehead atoms. The molecule has 0 atom stereocenters. The van der Waals surface area contributed by atoms with Crippen molar-refractivity contribution in [3.8, 4) is 0 Å². The van der Waals surface area contributed by atoms with E-state index in [9.17, 15) is 18.0 Å². The number of hydrogen-bond donors (Lipinski definition) is 1. The largest absolute Gasteiger partial charge is 0.462 e. The van der Waals surface area contributed by atoms with Gasteiger partial charge in [0.25, 0.3) is 5.91 Å². The average Bonchev–Trinajstić information content (AvgIpc) is 2.62. The lowest BCUT2D eigenvalue weighted by Crippen LogP contribution is -2.18. The molecule has 0 saturated heterocycles. The molecule has 0 aliphatic rings. The van der Waals surface area contributed by atoms with Crippen LogP contribution in [-0.4, -0.2) is 42.6 Å². The van der Waals surface area contributed by atoms with Gasteiger partial charge in [-0.05, 0) is 37.6 Å². The van der Waals surface area contributed by atoms with E-state index in [-0.39, 0.29) is 23.1 Å². The smallest absolute Gasteiger partial charge is 0.338 e. The predicted molar refractivity (Wildman–Crippen MR) is 99.7 cm³/mol. The van der Waals surface area contributed by atoms with Crippen molar-refractivity contribution in [3.63, 3.8) is 0 Å². The van der Waals surface area contributed by atoms with Gasteiger partial charge in [-0.3, -0.25) is 4.79 Å². The summed E-state index contributed by atoms with van der Waals surface area (Å²) in [5.41, 5.74) is 0.458. The highest BCUT2D eigenvalue weighted by Crippen LogP contribution is 2.18. The number of nitrogens with zero attached hydrogens (tertiary/aromatic N) is 2. The zero-order valence-corrected chi connectivity index (χ0v) is 16.3. The van der Waals surface area contributed by atoms with Gasteiger partial charge in [0, 0.05) is 5.69 Å². The van der Waals surface area contributed by atoms with Gasteiger partial charge in [-0.2, -0.15) is 0 Å². The Bertz CT molecular complexity index is 946. The van der Waals surface area contributed by atoms with Gasteiger partial charge < -0.3 is 10.1 Å². The third-order valence-corrected chi connectivity index (χ3v) is 5.32. The molecule has 0 unspecified atom stereocenters. The van der Waals surface area contributed by atoms with E-state index >= 15 is 0 Å². The number of halogens is 1. The summed E-state index contributed by atoms with van der Waals surface area (Å²) in [6, 6.07) is 6.00. The number of rotatable bonds is 7. The van der Waals surface area contributed by atoms with Crippen LogP contribution in [-0.2, 0) is 14.6 Å². The third-order valence-electron chi connectivity index (χ3n) is 3.34. The van der Waals surface area contributed by atoms with Gasteiger partial charge in [-0.1, -0.05) is 18.5 Å². The number of benzene rings is 1. The summed E-state index contributed by atoms with van der Waals surface area (Å²) in [6.07, 6.45) is 1.47. The second-order valence-corrected chi connectivity index (χ2v) is 7.83. The van der Waals surface area contributed by atoms with Crippen LogP contribution in [0.2, 0.25) is 5.02 Å². The van der Waals surface area contributed by atoms with Gasteiger partial charge >= 0.3 is 5.97 Å². The van der Waals surface area contributed by atoms with E-state index in [2.05, 4.69) is 15.3 Å². The molecule has 8 nitrogen and oxygen atoms in total. The highest BCUT2D eigenvalue weighted by Gasteiger charge is 2.22. The molecule has 1 N–H and O–H groups in total. The maximum Gasteiger partial charge on any atom is 0.338 e. The summed E-state index contributed by atoms with van der Waals surface area (Å²) in [4.78, 5) is 31.6. The number of hydrogen-bond acceptors (Lipinski definition) is 7. The molecule has 0 saturated carbocycles. The summed E-state index contributed by atoms with van der Waals surface area (Å²) in [7, 11) is -3.69. The molecule has 2 aromatic rings. The maximum absolute atomic E-state index is 12.4. The number of nitrogens with one attached hydrogen (secondary N) is 1. The molecule has 10 heteroatoms. The maximum atomic E-state index is 12.4. The Morgan fingerprint density at radius 3 is 2.44 bits per heavy atom. The van der Waals surface area contributed by atoms with Crippen LogP contribution in [0.25, 0.3) is 0 Å². The Balaban J connectivity index is 2.22. The molecule has 144 valence electrons. The van der Waals surface area contributed by atoms with Crippen LogP contribution in [0.4, 0.5) is 5.69 Å². The molecule has 1 aromatic heterocycles. The monoisotopic (exact) mass is 411 g/mol. The van der Waals surface area contributed by atoms with Crippen LogP contribution in [0.15, 0.2) is 35.6 Å². The molecule has 1 heterocycles. The summed E-state index contributed by atoms with van der Waals surface area (Å²) >= 11 is 5.94. The van der Waals surface area contributed by atoms with Crippen molar-refractivity contribution < 1.29 is 22.7 Å². The predicted octanol–water partition coefficient (Wildman–Crippen LogP) is 2.74. The van der Waals surface area contributed by atoms with Crippen LogP contribution >= 0.6 is 11.6 Å². The molecule has 1 aromatic carbocycles. The first-order chi connectivity index (χ1) is 12.8. The zero-order chi connectivity index (χ0) is 20.0. The van der Waals surface area contributed by atoms with Crippen molar-refractivity contribution in [1.82, 2.24) is 9.97 Å². The van der Waals surface area contributed by atoms with Crippen LogP contribution in [0, 0.1) is 0 Å². The summed E-state index contributed by atoms with van der Waals surface area (Å²) < 4.78 is 29.1. The van der Waals surface area contributed by atoms with E-state index < -0.39 is 26.9 Å². The molecular formula is C17H18ClN3O5S. The molecule has 27 heavy (non-hydrogen) atoms. The van der Waals surface area contributed by atoms with Gasteiger partial charge in [0.05, 0.1) is 29.1 Å². The number of carbonyl (C=O) groups is 2. The third kappa shape index (κ3) is 5.24. The minimum Gasteiger partial charge on any atom is -0.462 e. The fourth-order valence-corrected chi connectivity index (χ4v) is 3.45. The Kier molecular flexibility index (Phi) is 6.86. The zero-order valence-electron chi connectivity index (χ0n) is 14.7. The Morgan fingerprint density at radius 1 is 1.19 bits per heavy atom. The van der Waals surface area contributed by atoms with Crippen molar-refractivity contribution in [2.24, 2.45) is 0 Å². The molecule has 2 rings (SSSR count). The summed E-state index contributed by atoms with van der Waals surface area (Å²) in [6.45, 7) is 3.67. The summed E-state index contributed by atoms with van der Waals surface area (Å²) in [5, 5.41) is 2.02. The molecule has 1 amide bonds. The SMILES string of the molecule is CCCS(=O)(=O)c1ncc(Cl)c(C(=O)Nc2ccc(C(=O)OCC)cc2)n1. The van der Waals surface area contributed by atoms with Crippen LogP contribution < -0.4 is 5.32 Å². The first kappa shape index (κ1) is 20.8. The number of amides is 1. The average molecular weight is 412 g/mol.